The van der Waals surface area contributed by atoms with Crippen molar-refractivity contribution >= 4 is 23.2 Å². The molecule has 1 atom stereocenters. The number of carbonyl (C=O) groups is 2. The number of rotatable bonds is 8. The molecule has 2 saturated heterocycles. The number of hydrogen-bond donors (Lipinski definition) is 2. The van der Waals surface area contributed by atoms with E-state index in [0.29, 0.717) is 23.7 Å². The maximum absolute atomic E-state index is 13.2. The van der Waals surface area contributed by atoms with Crippen LogP contribution < -0.4 is 20.3 Å². The summed E-state index contributed by atoms with van der Waals surface area (Å²) in [5.41, 5.74) is 3.03. The van der Waals surface area contributed by atoms with E-state index in [1.54, 1.807) is 13.2 Å². The molecule has 1 unspecified atom stereocenters. The Morgan fingerprint density at radius 1 is 1.09 bits per heavy atom. The Morgan fingerprint density at radius 2 is 1.85 bits per heavy atom. The van der Waals surface area contributed by atoms with Gasteiger partial charge in [-0.15, -0.1) is 0 Å². The van der Waals surface area contributed by atoms with E-state index in [-0.39, 0.29) is 24.3 Å². The molecule has 2 amide bonds. The molecule has 2 aromatic carbocycles. The molecule has 2 fully saturated rings. The summed E-state index contributed by atoms with van der Waals surface area (Å²) in [6.07, 6.45) is 4.55. The van der Waals surface area contributed by atoms with Crippen molar-refractivity contribution in [2.45, 2.75) is 45.1 Å². The highest BCUT2D eigenvalue weighted by atomic mass is 16.5. The van der Waals surface area contributed by atoms with Crippen LogP contribution in [0.25, 0.3) is 0 Å². The molecular formula is C27H35N3O4. The van der Waals surface area contributed by atoms with Crippen molar-refractivity contribution in [3.05, 3.63) is 53.6 Å². The third kappa shape index (κ3) is 6.29. The molecule has 2 aliphatic heterocycles. The third-order valence-corrected chi connectivity index (χ3v) is 6.69. The van der Waals surface area contributed by atoms with Crippen LogP contribution in [0.15, 0.2) is 42.5 Å². The van der Waals surface area contributed by atoms with Gasteiger partial charge in [-0.05, 0) is 67.5 Å². The first-order chi connectivity index (χ1) is 16.5. The van der Waals surface area contributed by atoms with Crippen LogP contribution in [0.1, 0.15) is 48.5 Å². The second kappa shape index (κ2) is 11.4. The molecule has 0 saturated carbocycles. The highest BCUT2D eigenvalue weighted by Crippen LogP contribution is 2.29. The first-order valence-electron chi connectivity index (χ1n) is 12.2. The summed E-state index contributed by atoms with van der Waals surface area (Å²) in [6.45, 7) is 5.39. The molecule has 0 bridgehead atoms. The summed E-state index contributed by atoms with van der Waals surface area (Å²) in [5, 5.41) is 6.00. The van der Waals surface area contributed by atoms with Crippen LogP contribution in [0, 0.1) is 5.92 Å². The van der Waals surface area contributed by atoms with Crippen LogP contribution >= 0.6 is 0 Å². The van der Waals surface area contributed by atoms with Gasteiger partial charge in [0.15, 0.2) is 0 Å². The Kier molecular flexibility index (Phi) is 8.06. The summed E-state index contributed by atoms with van der Waals surface area (Å²) in [5.74, 6) is 1.20. The van der Waals surface area contributed by atoms with Crippen LogP contribution in [-0.4, -0.2) is 51.3 Å². The van der Waals surface area contributed by atoms with Gasteiger partial charge in [0, 0.05) is 37.6 Å². The SMILES string of the molecule is COc1ccc(CC(=O)Nc2ccc(N3CCC(C)CC3)c(C(=O)NCC3CCCO3)c2)cc1. The fourth-order valence-electron chi connectivity index (χ4n) is 4.56. The van der Waals surface area contributed by atoms with Crippen molar-refractivity contribution in [3.8, 4) is 5.75 Å². The molecule has 34 heavy (non-hydrogen) atoms. The molecule has 2 heterocycles. The van der Waals surface area contributed by atoms with Gasteiger partial charge in [-0.3, -0.25) is 9.59 Å². The molecule has 4 rings (SSSR count). The summed E-state index contributed by atoms with van der Waals surface area (Å²) in [7, 11) is 1.62. The van der Waals surface area contributed by atoms with Crippen molar-refractivity contribution < 1.29 is 19.1 Å². The molecule has 2 N–H and O–H groups in total. The number of nitrogens with one attached hydrogen (secondary N) is 2. The smallest absolute Gasteiger partial charge is 0.253 e. The molecule has 0 aromatic heterocycles. The van der Waals surface area contributed by atoms with Crippen molar-refractivity contribution in [2.75, 3.05) is 43.6 Å². The average molecular weight is 466 g/mol. The van der Waals surface area contributed by atoms with E-state index in [1.807, 2.05) is 36.4 Å². The number of nitrogens with zero attached hydrogens (tertiary/aromatic N) is 1. The normalized spacial score (nSPS) is 18.5. The van der Waals surface area contributed by atoms with Crippen molar-refractivity contribution in [1.29, 1.82) is 0 Å². The predicted molar refractivity (Wildman–Crippen MR) is 134 cm³/mol. The highest BCUT2D eigenvalue weighted by Gasteiger charge is 2.23. The molecule has 2 aromatic rings. The molecule has 0 aliphatic carbocycles. The van der Waals surface area contributed by atoms with Gasteiger partial charge in [0.25, 0.3) is 5.91 Å². The standard InChI is InChI=1S/C27H35N3O4/c1-19-11-13-30(14-12-19)25-10-7-21(17-24(25)27(32)28-18-23-4-3-15-34-23)29-26(31)16-20-5-8-22(33-2)9-6-20/h5-10,17,19,23H,3-4,11-16,18H2,1-2H3,(H,28,32)(H,29,31). The minimum absolute atomic E-state index is 0.0793. The van der Waals surface area contributed by atoms with Crippen molar-refractivity contribution in [1.82, 2.24) is 5.32 Å². The van der Waals surface area contributed by atoms with Crippen LogP contribution in [0.3, 0.4) is 0 Å². The van der Waals surface area contributed by atoms with Gasteiger partial charge in [-0.1, -0.05) is 19.1 Å². The van der Waals surface area contributed by atoms with E-state index in [4.69, 9.17) is 9.47 Å². The second-order valence-corrected chi connectivity index (χ2v) is 9.32. The van der Waals surface area contributed by atoms with Gasteiger partial charge < -0.3 is 25.0 Å². The Hall–Kier alpha value is -3.06. The Labute approximate surface area is 201 Å². The molecule has 7 heteroatoms. The summed E-state index contributed by atoms with van der Waals surface area (Å²) >= 11 is 0. The first kappa shape index (κ1) is 24.1. The quantitative estimate of drug-likeness (QED) is 0.616. The van der Waals surface area contributed by atoms with Crippen molar-refractivity contribution in [3.63, 3.8) is 0 Å². The number of anilines is 2. The first-order valence-corrected chi connectivity index (χ1v) is 12.2. The van der Waals surface area contributed by atoms with E-state index in [1.165, 1.54) is 0 Å². The number of benzene rings is 2. The lowest BCUT2D eigenvalue weighted by atomic mass is 9.97. The van der Waals surface area contributed by atoms with Crippen LogP contribution in [-0.2, 0) is 16.0 Å². The number of carbonyl (C=O) groups excluding carboxylic acids is 2. The maximum Gasteiger partial charge on any atom is 0.253 e. The Bertz CT molecular complexity index is 978. The minimum Gasteiger partial charge on any atom is -0.497 e. The zero-order chi connectivity index (χ0) is 23.9. The van der Waals surface area contributed by atoms with Gasteiger partial charge in [-0.2, -0.15) is 0 Å². The number of amides is 2. The molecule has 182 valence electrons. The lowest BCUT2D eigenvalue weighted by molar-refractivity contribution is -0.115. The predicted octanol–water partition coefficient (Wildman–Crippen LogP) is 4.02. The average Bonchev–Trinajstić information content (AvgIpc) is 3.37. The number of piperidine rings is 1. The maximum atomic E-state index is 13.2. The van der Waals surface area contributed by atoms with E-state index < -0.39 is 0 Å². The summed E-state index contributed by atoms with van der Waals surface area (Å²) < 4.78 is 10.8. The van der Waals surface area contributed by atoms with Gasteiger partial charge in [0.1, 0.15) is 5.75 Å². The molecule has 0 spiro atoms. The van der Waals surface area contributed by atoms with Gasteiger partial charge in [0.2, 0.25) is 5.91 Å². The van der Waals surface area contributed by atoms with Crippen LogP contribution in [0.2, 0.25) is 0 Å². The second-order valence-electron chi connectivity index (χ2n) is 9.32. The van der Waals surface area contributed by atoms with E-state index in [9.17, 15) is 9.59 Å². The monoisotopic (exact) mass is 465 g/mol. The Balaban J connectivity index is 1.47. The summed E-state index contributed by atoms with van der Waals surface area (Å²) in [4.78, 5) is 28.2. The van der Waals surface area contributed by atoms with E-state index in [2.05, 4.69) is 22.5 Å². The molecule has 7 nitrogen and oxygen atoms in total. The van der Waals surface area contributed by atoms with Crippen LogP contribution in [0.5, 0.6) is 5.75 Å². The van der Waals surface area contributed by atoms with Gasteiger partial charge in [-0.25, -0.2) is 0 Å². The molecular weight excluding hydrogens is 430 g/mol. The zero-order valence-electron chi connectivity index (χ0n) is 20.1. The van der Waals surface area contributed by atoms with Gasteiger partial charge in [0.05, 0.1) is 25.2 Å². The number of methoxy groups -OCH3 is 1. The lowest BCUT2D eigenvalue weighted by Gasteiger charge is -2.33. The molecule has 2 aliphatic rings. The zero-order valence-corrected chi connectivity index (χ0v) is 20.1. The van der Waals surface area contributed by atoms with Crippen LogP contribution in [0.4, 0.5) is 11.4 Å². The number of hydrogen-bond acceptors (Lipinski definition) is 5. The largest absolute Gasteiger partial charge is 0.497 e. The Morgan fingerprint density at radius 3 is 2.53 bits per heavy atom. The van der Waals surface area contributed by atoms with Gasteiger partial charge >= 0.3 is 0 Å². The molecule has 0 radical (unpaired) electrons. The van der Waals surface area contributed by atoms with Crippen molar-refractivity contribution in [2.24, 2.45) is 5.92 Å². The van der Waals surface area contributed by atoms with E-state index >= 15 is 0 Å². The topological polar surface area (TPSA) is 79.9 Å². The van der Waals surface area contributed by atoms with E-state index in [0.717, 1.165) is 62.4 Å². The lowest BCUT2D eigenvalue weighted by Crippen LogP contribution is -2.36. The fourth-order valence-corrected chi connectivity index (χ4v) is 4.56. The number of ether oxygens (including phenoxy) is 2. The highest BCUT2D eigenvalue weighted by molar-refractivity contribution is 6.02. The fraction of sp³-hybridized carbons (Fsp3) is 0.481. The minimum atomic E-state index is -0.129. The summed E-state index contributed by atoms with van der Waals surface area (Å²) in [6, 6.07) is 13.1. The third-order valence-electron chi connectivity index (χ3n) is 6.69.